The maximum absolute atomic E-state index is 14.5. The van der Waals surface area contributed by atoms with Gasteiger partial charge in [0.2, 0.25) is 0 Å². The Labute approximate surface area is 180 Å². The van der Waals surface area contributed by atoms with Crippen molar-refractivity contribution in [3.63, 3.8) is 0 Å². The van der Waals surface area contributed by atoms with Gasteiger partial charge in [0.1, 0.15) is 17.3 Å². The van der Waals surface area contributed by atoms with Crippen molar-refractivity contribution in [1.82, 2.24) is 14.9 Å². The van der Waals surface area contributed by atoms with Crippen LogP contribution in [0.2, 0.25) is 0 Å². The van der Waals surface area contributed by atoms with Gasteiger partial charge >= 0.3 is 6.03 Å². The number of hydrogen-bond donors (Lipinski definition) is 3. The van der Waals surface area contributed by atoms with Crippen molar-refractivity contribution in [2.24, 2.45) is 0 Å². The Hall–Kier alpha value is -2.95. The fraction of sp³-hybridized carbons (Fsp3) is 0.286. The van der Waals surface area contributed by atoms with Crippen molar-refractivity contribution in [1.29, 1.82) is 0 Å². The van der Waals surface area contributed by atoms with Gasteiger partial charge in [0, 0.05) is 25.7 Å². The van der Waals surface area contributed by atoms with Crippen LogP contribution in [0.1, 0.15) is 17.7 Å². The van der Waals surface area contributed by atoms with E-state index in [2.05, 4.69) is 15.3 Å². The number of urea groups is 1. The van der Waals surface area contributed by atoms with Gasteiger partial charge in [0.15, 0.2) is 5.13 Å². The van der Waals surface area contributed by atoms with Gasteiger partial charge in [-0.15, -0.1) is 0 Å². The third-order valence-corrected chi connectivity index (χ3v) is 5.88. The van der Waals surface area contributed by atoms with E-state index in [1.165, 1.54) is 35.7 Å². The molecule has 4 rings (SSSR count). The first-order valence-electron chi connectivity index (χ1n) is 9.67. The van der Waals surface area contributed by atoms with Gasteiger partial charge in [-0.3, -0.25) is 10.3 Å². The lowest BCUT2D eigenvalue weighted by Crippen LogP contribution is -2.38. The molecule has 0 radical (unpaired) electrons. The Morgan fingerprint density at radius 3 is 2.87 bits per heavy atom. The zero-order valence-corrected chi connectivity index (χ0v) is 17.2. The Kier molecular flexibility index (Phi) is 6.21. The molecule has 3 aromatic rings. The molecule has 0 saturated carbocycles. The largest absolute Gasteiger partial charge is 0.394 e. The van der Waals surface area contributed by atoms with Gasteiger partial charge in [-0.25, -0.2) is 18.6 Å². The number of carbonyl (C=O) groups is 1. The second-order valence-corrected chi connectivity index (χ2v) is 8.23. The summed E-state index contributed by atoms with van der Waals surface area (Å²) < 4.78 is 28.5. The number of thiazole rings is 1. The average molecular weight is 446 g/mol. The summed E-state index contributed by atoms with van der Waals surface area (Å²) in [6, 6.07) is 5.22. The molecule has 2 amide bonds. The van der Waals surface area contributed by atoms with Gasteiger partial charge < -0.3 is 15.1 Å². The summed E-state index contributed by atoms with van der Waals surface area (Å²) in [6.45, 7) is 0.260. The number of carbonyl (C=O) groups excluding carboxylic acids is 1. The number of benzene rings is 1. The number of amides is 2. The molecule has 0 aliphatic carbocycles. The van der Waals surface area contributed by atoms with Crippen LogP contribution in [-0.4, -0.2) is 56.9 Å². The van der Waals surface area contributed by atoms with Gasteiger partial charge in [-0.1, -0.05) is 17.4 Å². The minimum Gasteiger partial charge on any atom is -0.394 e. The summed E-state index contributed by atoms with van der Waals surface area (Å²) in [5, 5.41) is 21.5. The summed E-state index contributed by atoms with van der Waals surface area (Å²) in [7, 11) is 0. The number of aromatic nitrogens is 2. The van der Waals surface area contributed by atoms with Gasteiger partial charge in [0.05, 0.1) is 22.9 Å². The fourth-order valence-corrected chi connectivity index (χ4v) is 4.23. The number of halogens is 2. The van der Waals surface area contributed by atoms with E-state index in [9.17, 15) is 18.7 Å². The Bertz CT molecular complexity index is 1150. The summed E-state index contributed by atoms with van der Waals surface area (Å²) >= 11 is 1.19. The second kappa shape index (κ2) is 9.04. The van der Waals surface area contributed by atoms with Gasteiger partial charge in [0.25, 0.3) is 0 Å². The van der Waals surface area contributed by atoms with Crippen LogP contribution in [0.4, 0.5) is 18.7 Å². The number of hydrogen-bond acceptors (Lipinski definition) is 6. The van der Waals surface area contributed by atoms with Crippen LogP contribution >= 0.6 is 11.3 Å². The predicted octanol–water partition coefficient (Wildman–Crippen LogP) is 3.19. The van der Waals surface area contributed by atoms with Crippen molar-refractivity contribution < 1.29 is 23.8 Å². The smallest absolute Gasteiger partial charge is 0.323 e. The summed E-state index contributed by atoms with van der Waals surface area (Å²) in [6.07, 6.45) is 2.83. The third-order valence-electron chi connectivity index (χ3n) is 4.94. The number of rotatable bonds is 5. The highest BCUT2D eigenvalue weighted by Crippen LogP contribution is 2.28. The van der Waals surface area contributed by atoms with E-state index in [4.69, 9.17) is 5.11 Å². The number of aliphatic hydroxyl groups is 2. The van der Waals surface area contributed by atoms with Crippen LogP contribution in [0.15, 0.2) is 36.5 Å². The zero-order chi connectivity index (χ0) is 22.0. The Balaban J connectivity index is 1.40. The molecule has 1 aromatic carbocycles. The number of aliphatic hydroxyl groups excluding tert-OH is 2. The van der Waals surface area contributed by atoms with E-state index >= 15 is 0 Å². The molecule has 31 heavy (non-hydrogen) atoms. The molecule has 0 bridgehead atoms. The van der Waals surface area contributed by atoms with E-state index in [0.29, 0.717) is 39.5 Å². The fourth-order valence-electron chi connectivity index (χ4n) is 3.35. The lowest BCUT2D eigenvalue weighted by atomic mass is 10.0. The second-order valence-electron chi connectivity index (χ2n) is 7.20. The highest BCUT2D eigenvalue weighted by atomic mass is 32.1. The predicted molar refractivity (Wildman–Crippen MR) is 114 cm³/mol. The van der Waals surface area contributed by atoms with Gasteiger partial charge in [-0.05, 0) is 41.8 Å². The molecule has 7 nitrogen and oxygen atoms in total. The quantitative estimate of drug-likeness (QED) is 0.559. The van der Waals surface area contributed by atoms with E-state index in [0.717, 1.165) is 0 Å². The molecule has 2 aromatic heterocycles. The topological polar surface area (TPSA) is 98.6 Å². The molecular weight excluding hydrogens is 426 g/mol. The van der Waals surface area contributed by atoms with E-state index < -0.39 is 18.5 Å². The lowest BCUT2D eigenvalue weighted by Gasteiger charge is -2.26. The monoisotopic (exact) mass is 446 g/mol. The van der Waals surface area contributed by atoms with E-state index in [1.807, 2.05) is 0 Å². The number of nitrogens with one attached hydrogen (secondary N) is 1. The molecular formula is C21H20F2N4O3S. The minimum absolute atomic E-state index is 0.117. The maximum atomic E-state index is 14.5. The highest BCUT2D eigenvalue weighted by Gasteiger charge is 2.21. The normalized spacial score (nSPS) is 15.1. The van der Waals surface area contributed by atoms with Crippen LogP contribution in [0.25, 0.3) is 15.8 Å². The number of anilines is 1. The van der Waals surface area contributed by atoms with Crippen molar-refractivity contribution in [3.8, 4) is 0 Å². The molecule has 162 valence electrons. The highest BCUT2D eigenvalue weighted by molar-refractivity contribution is 7.22. The average Bonchev–Trinajstić information content (AvgIpc) is 3.15. The van der Waals surface area contributed by atoms with Crippen LogP contribution in [0, 0.1) is 11.6 Å². The standard InChI is InChI=1S/C21H20F2N4O3S/c22-14-1-2-17-18(9-14)31-20(25-17)26-21(30)27-5-3-13(4-6-27)19-16(23)8-12(10-24-19)7-15(29)11-28/h1-3,8-10,15,28-29H,4-7,11H2,(H,25,26,30)/t15-/m1/s1. The summed E-state index contributed by atoms with van der Waals surface area (Å²) in [5.74, 6) is -0.866. The van der Waals surface area contributed by atoms with Crippen LogP contribution in [0.3, 0.4) is 0 Å². The first-order valence-corrected chi connectivity index (χ1v) is 10.5. The molecule has 0 unspecified atom stereocenters. The summed E-state index contributed by atoms with van der Waals surface area (Å²) in [4.78, 5) is 22.6. The molecule has 1 aliphatic rings. The van der Waals surface area contributed by atoms with Gasteiger partial charge in [-0.2, -0.15) is 0 Å². The first kappa shape index (κ1) is 21.3. The zero-order valence-electron chi connectivity index (χ0n) is 16.4. The molecule has 3 heterocycles. The van der Waals surface area contributed by atoms with Crippen molar-refractivity contribution in [2.75, 3.05) is 25.0 Å². The third kappa shape index (κ3) is 4.87. The van der Waals surface area contributed by atoms with Crippen molar-refractivity contribution >= 4 is 38.3 Å². The van der Waals surface area contributed by atoms with Crippen molar-refractivity contribution in [2.45, 2.75) is 18.9 Å². The summed E-state index contributed by atoms with van der Waals surface area (Å²) in [5.41, 5.74) is 2.02. The first-order chi connectivity index (χ1) is 14.9. The molecule has 0 saturated heterocycles. The lowest BCUT2D eigenvalue weighted by molar-refractivity contribution is 0.0954. The molecule has 1 atom stereocenters. The molecule has 3 N–H and O–H groups in total. The van der Waals surface area contributed by atoms with Crippen LogP contribution in [-0.2, 0) is 6.42 Å². The maximum Gasteiger partial charge on any atom is 0.323 e. The Morgan fingerprint density at radius 2 is 2.16 bits per heavy atom. The number of pyridine rings is 1. The van der Waals surface area contributed by atoms with E-state index in [1.54, 1.807) is 17.0 Å². The van der Waals surface area contributed by atoms with Crippen LogP contribution in [0.5, 0.6) is 0 Å². The molecule has 0 spiro atoms. The number of nitrogens with zero attached hydrogens (tertiary/aromatic N) is 3. The SMILES string of the molecule is O=C(Nc1nc2ccc(F)cc2s1)N1CC=C(c2ncc(C[C@@H](O)CO)cc2F)CC1. The molecule has 10 heteroatoms. The van der Waals surface area contributed by atoms with Crippen molar-refractivity contribution in [3.05, 3.63) is 59.4 Å². The van der Waals surface area contributed by atoms with E-state index in [-0.39, 0.29) is 30.5 Å². The molecule has 1 aliphatic heterocycles. The minimum atomic E-state index is -0.956. The molecule has 0 fully saturated rings. The number of fused-ring (bicyclic) bond motifs is 1. The van der Waals surface area contributed by atoms with Crippen LogP contribution < -0.4 is 5.32 Å². The Morgan fingerprint density at radius 1 is 1.32 bits per heavy atom.